The van der Waals surface area contributed by atoms with Crippen molar-refractivity contribution in [2.45, 2.75) is 4.90 Å². The smallest absolute Gasteiger partial charge is 0.263 e. The Labute approximate surface area is 118 Å². The molecule has 0 aliphatic rings. The van der Waals surface area contributed by atoms with Crippen molar-refractivity contribution in [2.24, 2.45) is 0 Å². The molecule has 102 valence electrons. The molecule has 0 radical (unpaired) electrons. The second-order valence-corrected chi connectivity index (χ2v) is 5.94. The van der Waals surface area contributed by atoms with Gasteiger partial charge < -0.3 is 0 Å². The molecule has 20 heavy (non-hydrogen) atoms. The molecule has 0 amide bonds. The van der Waals surface area contributed by atoms with E-state index in [1.807, 2.05) is 0 Å². The van der Waals surface area contributed by atoms with Gasteiger partial charge in [0.2, 0.25) is 0 Å². The van der Waals surface area contributed by atoms with Crippen LogP contribution in [0.5, 0.6) is 0 Å². The number of fused-ring (bicyclic) bond motifs is 1. The summed E-state index contributed by atoms with van der Waals surface area (Å²) in [5.74, 6) is 0.155. The summed E-state index contributed by atoms with van der Waals surface area (Å²) >= 11 is 5.69. The molecular formula is C11H7ClN4O3S. The van der Waals surface area contributed by atoms with E-state index in [9.17, 15) is 8.42 Å². The van der Waals surface area contributed by atoms with Crippen molar-refractivity contribution in [3.05, 3.63) is 41.6 Å². The first-order valence-electron chi connectivity index (χ1n) is 5.42. The van der Waals surface area contributed by atoms with E-state index >= 15 is 0 Å². The molecular weight excluding hydrogens is 304 g/mol. The number of benzene rings is 1. The lowest BCUT2D eigenvalue weighted by molar-refractivity contribution is 0.315. The number of aromatic nitrogens is 3. The fourth-order valence-electron chi connectivity index (χ4n) is 1.63. The van der Waals surface area contributed by atoms with Gasteiger partial charge in [-0.05, 0) is 34.6 Å². The monoisotopic (exact) mass is 310 g/mol. The van der Waals surface area contributed by atoms with Gasteiger partial charge in [-0.3, -0.25) is 4.72 Å². The fourth-order valence-corrected chi connectivity index (χ4v) is 2.90. The molecule has 0 aliphatic carbocycles. The number of anilines is 1. The zero-order valence-electron chi connectivity index (χ0n) is 9.82. The Bertz CT molecular complexity index is 861. The van der Waals surface area contributed by atoms with E-state index in [0.29, 0.717) is 10.5 Å². The van der Waals surface area contributed by atoms with Gasteiger partial charge in [0, 0.05) is 6.20 Å². The number of nitrogens with one attached hydrogen (secondary N) is 1. The second-order valence-electron chi connectivity index (χ2n) is 3.86. The highest BCUT2D eigenvalue weighted by atomic mass is 35.5. The van der Waals surface area contributed by atoms with Gasteiger partial charge in [0.25, 0.3) is 10.0 Å². The van der Waals surface area contributed by atoms with Crippen LogP contribution in [-0.4, -0.2) is 23.7 Å². The van der Waals surface area contributed by atoms with Crippen molar-refractivity contribution in [1.29, 1.82) is 0 Å². The maximum atomic E-state index is 12.3. The molecule has 0 bridgehead atoms. The topological polar surface area (TPSA) is 98.0 Å². The number of halogens is 1. The zero-order chi connectivity index (χ0) is 14.2. The average Bonchev–Trinajstić information content (AvgIpc) is 2.89. The van der Waals surface area contributed by atoms with Crippen LogP contribution in [0.15, 0.2) is 46.1 Å². The first-order valence-corrected chi connectivity index (χ1v) is 7.28. The van der Waals surface area contributed by atoms with Crippen molar-refractivity contribution < 1.29 is 13.0 Å². The van der Waals surface area contributed by atoms with Crippen LogP contribution in [0.1, 0.15) is 0 Å². The molecule has 0 spiro atoms. The van der Waals surface area contributed by atoms with E-state index in [1.165, 1.54) is 24.4 Å². The number of hydrogen-bond acceptors (Lipinski definition) is 6. The fraction of sp³-hybridized carbons (Fsp3) is 0. The van der Waals surface area contributed by atoms with Crippen LogP contribution in [0.25, 0.3) is 11.0 Å². The Morgan fingerprint density at radius 1 is 1.15 bits per heavy atom. The van der Waals surface area contributed by atoms with Crippen molar-refractivity contribution in [1.82, 2.24) is 15.3 Å². The third-order valence-electron chi connectivity index (χ3n) is 2.50. The van der Waals surface area contributed by atoms with Crippen molar-refractivity contribution in [2.75, 3.05) is 4.72 Å². The normalized spacial score (nSPS) is 11.7. The number of hydrogen-bond donors (Lipinski definition) is 1. The molecule has 3 rings (SSSR count). The maximum Gasteiger partial charge on any atom is 0.265 e. The Balaban J connectivity index is 2.03. The lowest BCUT2D eigenvalue weighted by atomic mass is 10.3. The van der Waals surface area contributed by atoms with E-state index < -0.39 is 10.0 Å². The molecule has 0 atom stereocenters. The highest BCUT2D eigenvalue weighted by Gasteiger charge is 2.20. The van der Waals surface area contributed by atoms with Crippen LogP contribution in [0.4, 0.5) is 5.82 Å². The molecule has 0 unspecified atom stereocenters. The molecule has 2 aromatic heterocycles. The quantitative estimate of drug-likeness (QED) is 0.795. The van der Waals surface area contributed by atoms with Gasteiger partial charge in [0.1, 0.15) is 16.2 Å². The molecule has 7 nitrogen and oxygen atoms in total. The molecule has 2 heterocycles. The first kappa shape index (κ1) is 12.8. The zero-order valence-corrected chi connectivity index (χ0v) is 11.4. The number of pyridine rings is 1. The molecule has 1 aromatic carbocycles. The molecule has 0 fully saturated rings. The third-order valence-corrected chi connectivity index (χ3v) is 4.11. The maximum absolute atomic E-state index is 12.3. The number of nitrogens with zero attached hydrogens (tertiary/aromatic N) is 3. The van der Waals surface area contributed by atoms with Crippen LogP contribution in [0, 0.1) is 0 Å². The van der Waals surface area contributed by atoms with Crippen LogP contribution < -0.4 is 4.72 Å². The SMILES string of the molecule is O=S(=O)(Nc1ccc(Cl)cn1)c1cccc2nonc12. The summed E-state index contributed by atoms with van der Waals surface area (Å²) in [4.78, 5) is 3.84. The van der Waals surface area contributed by atoms with Crippen molar-refractivity contribution >= 4 is 38.5 Å². The summed E-state index contributed by atoms with van der Waals surface area (Å²) in [5, 5.41) is 7.61. The van der Waals surface area contributed by atoms with Gasteiger partial charge in [0.05, 0.1) is 5.02 Å². The van der Waals surface area contributed by atoms with Gasteiger partial charge in [-0.1, -0.05) is 17.7 Å². The second kappa shape index (κ2) is 4.73. The van der Waals surface area contributed by atoms with Crippen molar-refractivity contribution in [3.8, 4) is 0 Å². The van der Waals surface area contributed by atoms with Crippen molar-refractivity contribution in [3.63, 3.8) is 0 Å². The van der Waals surface area contributed by atoms with Gasteiger partial charge >= 0.3 is 0 Å². The Morgan fingerprint density at radius 3 is 2.75 bits per heavy atom. The molecule has 9 heteroatoms. The summed E-state index contributed by atoms with van der Waals surface area (Å²) in [6.07, 6.45) is 1.34. The van der Waals surface area contributed by atoms with Gasteiger partial charge in [-0.15, -0.1) is 0 Å². The highest BCUT2D eigenvalue weighted by molar-refractivity contribution is 7.93. The summed E-state index contributed by atoms with van der Waals surface area (Å²) in [6.45, 7) is 0. The first-order chi connectivity index (χ1) is 9.56. The van der Waals surface area contributed by atoms with E-state index in [-0.39, 0.29) is 16.2 Å². The summed E-state index contributed by atoms with van der Waals surface area (Å²) in [5.41, 5.74) is 0.519. The third kappa shape index (κ3) is 2.30. The van der Waals surface area contributed by atoms with E-state index in [2.05, 4.69) is 24.6 Å². The minimum atomic E-state index is -3.84. The van der Waals surface area contributed by atoms with Crippen LogP contribution in [0.2, 0.25) is 5.02 Å². The molecule has 0 saturated heterocycles. The molecule has 3 aromatic rings. The predicted octanol–water partition coefficient (Wildman–Crippen LogP) is 2.07. The van der Waals surface area contributed by atoms with E-state index in [1.54, 1.807) is 12.1 Å². The Morgan fingerprint density at radius 2 is 2.00 bits per heavy atom. The van der Waals surface area contributed by atoms with Gasteiger partial charge in [-0.25, -0.2) is 18.0 Å². The summed E-state index contributed by atoms with van der Waals surface area (Å²) in [6, 6.07) is 7.55. The Kier molecular flexibility index (Phi) is 3.03. The largest absolute Gasteiger partial charge is 0.265 e. The van der Waals surface area contributed by atoms with Crippen LogP contribution in [0.3, 0.4) is 0 Å². The van der Waals surface area contributed by atoms with Gasteiger partial charge in [-0.2, -0.15) is 0 Å². The minimum Gasteiger partial charge on any atom is -0.263 e. The average molecular weight is 311 g/mol. The number of rotatable bonds is 3. The van der Waals surface area contributed by atoms with E-state index in [4.69, 9.17) is 11.6 Å². The van der Waals surface area contributed by atoms with E-state index in [0.717, 1.165) is 0 Å². The Hall–Kier alpha value is -2.19. The summed E-state index contributed by atoms with van der Waals surface area (Å²) < 4.78 is 31.5. The van der Waals surface area contributed by atoms with Crippen LogP contribution >= 0.6 is 11.6 Å². The lowest BCUT2D eigenvalue weighted by Crippen LogP contribution is -2.14. The molecule has 1 N–H and O–H groups in total. The summed E-state index contributed by atoms with van der Waals surface area (Å²) in [7, 11) is -3.84. The molecule has 0 aliphatic heterocycles. The minimum absolute atomic E-state index is 0.0343. The van der Waals surface area contributed by atoms with Crippen LogP contribution in [-0.2, 0) is 10.0 Å². The van der Waals surface area contributed by atoms with Gasteiger partial charge in [0.15, 0.2) is 5.52 Å². The standard InChI is InChI=1S/C11H7ClN4O3S/c12-7-4-5-10(13-6-7)16-20(17,18)9-3-1-2-8-11(9)15-19-14-8/h1-6H,(H,13,16). The predicted molar refractivity (Wildman–Crippen MR) is 71.9 cm³/mol. The number of sulfonamides is 1. The highest BCUT2D eigenvalue weighted by Crippen LogP contribution is 2.22. The lowest BCUT2D eigenvalue weighted by Gasteiger charge is -2.06. The molecule has 0 saturated carbocycles.